The summed E-state index contributed by atoms with van der Waals surface area (Å²) in [7, 11) is 0. The van der Waals surface area contributed by atoms with Crippen molar-refractivity contribution in [2.24, 2.45) is 17.8 Å². The Kier molecular flexibility index (Phi) is 5.63. The van der Waals surface area contributed by atoms with Gasteiger partial charge in [0, 0.05) is 23.7 Å². The molecule has 0 aliphatic heterocycles. The smallest absolute Gasteiger partial charge is 0.315 e. The fraction of sp³-hybridized carbons (Fsp3) is 0.708. The molecule has 0 spiro atoms. The van der Waals surface area contributed by atoms with Gasteiger partial charge in [0.1, 0.15) is 0 Å². The summed E-state index contributed by atoms with van der Waals surface area (Å²) in [6.07, 6.45) is 11.6. The second kappa shape index (κ2) is 8.41. The van der Waals surface area contributed by atoms with Gasteiger partial charge in [0.25, 0.3) is 5.69 Å². The molecule has 0 saturated heterocycles. The lowest BCUT2D eigenvalue weighted by molar-refractivity contribution is -0.384. The molecule has 5 aliphatic carbocycles. The molecule has 5 fully saturated rings. The predicted molar refractivity (Wildman–Crippen MR) is 116 cm³/mol. The van der Waals surface area contributed by atoms with Crippen LogP contribution in [0.4, 0.5) is 10.5 Å². The van der Waals surface area contributed by atoms with Gasteiger partial charge < -0.3 is 15.4 Å². The number of carbonyl (C=O) groups is 1. The van der Waals surface area contributed by atoms with Crippen molar-refractivity contribution in [1.82, 2.24) is 10.6 Å². The number of nitrogens with one attached hydrogen (secondary N) is 2. The molecule has 7 heteroatoms. The Bertz CT molecular complexity index is 781. The molecule has 168 valence electrons. The van der Waals surface area contributed by atoms with Crippen LogP contribution in [0.1, 0.15) is 69.8 Å². The molecule has 2 amide bonds. The number of amides is 2. The first-order chi connectivity index (χ1) is 15.0. The first-order valence-electron chi connectivity index (χ1n) is 11.9. The normalized spacial score (nSPS) is 36.2. The molecule has 1 aromatic carbocycles. The summed E-state index contributed by atoms with van der Waals surface area (Å²) in [4.78, 5) is 23.1. The van der Waals surface area contributed by atoms with E-state index in [9.17, 15) is 14.9 Å². The maximum absolute atomic E-state index is 12.8. The minimum atomic E-state index is -0.391. The van der Waals surface area contributed by atoms with E-state index in [1.54, 1.807) is 12.1 Å². The Hall–Kier alpha value is -2.15. The summed E-state index contributed by atoms with van der Waals surface area (Å²) in [6, 6.07) is 6.77. The summed E-state index contributed by atoms with van der Waals surface area (Å²) in [6.45, 7) is 0.466. The van der Waals surface area contributed by atoms with Gasteiger partial charge in [0.05, 0.1) is 17.6 Å². The lowest BCUT2D eigenvalue weighted by Gasteiger charge is -2.56. The van der Waals surface area contributed by atoms with Crippen LogP contribution in [0.2, 0.25) is 0 Å². The minimum Gasteiger partial charge on any atom is -0.374 e. The monoisotopic (exact) mass is 427 g/mol. The van der Waals surface area contributed by atoms with Crippen molar-refractivity contribution in [3.63, 3.8) is 0 Å². The molecule has 5 saturated carbocycles. The van der Waals surface area contributed by atoms with Crippen LogP contribution in [-0.2, 0) is 11.3 Å². The van der Waals surface area contributed by atoms with Gasteiger partial charge in [-0.1, -0.05) is 0 Å². The molecule has 5 aliphatic rings. The minimum absolute atomic E-state index is 0.0252. The summed E-state index contributed by atoms with van der Waals surface area (Å²) in [5.74, 6) is 2.49. The quantitative estimate of drug-likeness (QED) is 0.509. The van der Waals surface area contributed by atoms with Crippen LogP contribution in [-0.4, -0.2) is 28.6 Å². The Morgan fingerprint density at radius 3 is 2.13 bits per heavy atom. The third-order valence-electron chi connectivity index (χ3n) is 8.06. The number of ether oxygens (including phenoxy) is 1. The van der Waals surface area contributed by atoms with Gasteiger partial charge in [0.15, 0.2) is 0 Å². The highest BCUT2D eigenvalue weighted by Gasteiger charge is 2.51. The molecule has 7 nitrogen and oxygen atoms in total. The third-order valence-corrected chi connectivity index (χ3v) is 8.06. The van der Waals surface area contributed by atoms with E-state index in [4.69, 9.17) is 4.74 Å². The van der Waals surface area contributed by atoms with Crippen molar-refractivity contribution < 1.29 is 14.5 Å². The predicted octanol–water partition coefficient (Wildman–Crippen LogP) is 4.69. The van der Waals surface area contributed by atoms with E-state index >= 15 is 0 Å². The van der Waals surface area contributed by atoms with Crippen molar-refractivity contribution >= 4 is 11.7 Å². The number of nitro groups is 1. The molecule has 0 heterocycles. The van der Waals surface area contributed by atoms with Crippen molar-refractivity contribution in [3.05, 3.63) is 39.9 Å². The molecule has 0 unspecified atom stereocenters. The van der Waals surface area contributed by atoms with Crippen LogP contribution >= 0.6 is 0 Å². The third kappa shape index (κ3) is 4.71. The number of nitrogens with zero attached hydrogens (tertiary/aromatic N) is 1. The van der Waals surface area contributed by atoms with Crippen LogP contribution in [0, 0.1) is 27.9 Å². The molecule has 0 aromatic heterocycles. The average Bonchev–Trinajstić information content (AvgIpc) is 2.72. The van der Waals surface area contributed by atoms with Gasteiger partial charge in [-0.3, -0.25) is 10.1 Å². The first-order valence-corrected chi connectivity index (χ1v) is 11.9. The van der Waals surface area contributed by atoms with Crippen molar-refractivity contribution in [3.8, 4) is 0 Å². The maximum Gasteiger partial charge on any atom is 0.315 e. The lowest BCUT2D eigenvalue weighted by atomic mass is 9.53. The Morgan fingerprint density at radius 1 is 1.00 bits per heavy atom. The molecule has 4 bridgehead atoms. The molecular formula is C24H33N3O4. The second-order valence-corrected chi connectivity index (χ2v) is 10.5. The van der Waals surface area contributed by atoms with Gasteiger partial charge in [0.2, 0.25) is 0 Å². The molecular weight excluding hydrogens is 394 g/mol. The van der Waals surface area contributed by atoms with Gasteiger partial charge in [-0.15, -0.1) is 0 Å². The molecule has 1 aromatic rings. The molecule has 0 radical (unpaired) electrons. The largest absolute Gasteiger partial charge is 0.374 e. The van der Waals surface area contributed by atoms with Crippen molar-refractivity contribution in [2.45, 2.75) is 88.5 Å². The zero-order chi connectivity index (χ0) is 21.4. The number of hydrogen-bond acceptors (Lipinski definition) is 4. The van der Waals surface area contributed by atoms with E-state index in [-0.39, 0.29) is 29.4 Å². The van der Waals surface area contributed by atoms with Crippen LogP contribution in [0.5, 0.6) is 0 Å². The van der Waals surface area contributed by atoms with Gasteiger partial charge in [-0.25, -0.2) is 4.79 Å². The van der Waals surface area contributed by atoms with E-state index in [1.807, 2.05) is 0 Å². The highest BCUT2D eigenvalue weighted by molar-refractivity contribution is 5.75. The summed E-state index contributed by atoms with van der Waals surface area (Å²) in [5, 5.41) is 17.4. The SMILES string of the molecule is O=C(NC12CC3CC(CC(C3)C1)C2)N[C@H]1CC[C@H](OCc2ccc([N+](=O)[O-])cc2)CC1. The van der Waals surface area contributed by atoms with E-state index < -0.39 is 4.92 Å². The number of nitro benzene ring substituents is 1. The fourth-order valence-electron chi connectivity index (χ4n) is 7.03. The zero-order valence-corrected chi connectivity index (χ0v) is 18.1. The number of hydrogen-bond donors (Lipinski definition) is 2. The lowest BCUT2D eigenvalue weighted by Crippen LogP contribution is -2.62. The Balaban J connectivity index is 1.04. The zero-order valence-electron chi connectivity index (χ0n) is 18.1. The molecule has 0 atom stereocenters. The molecule has 6 rings (SSSR count). The Morgan fingerprint density at radius 2 is 1.58 bits per heavy atom. The number of carbonyl (C=O) groups excluding carboxylic acids is 1. The highest BCUT2D eigenvalue weighted by Crippen LogP contribution is 2.55. The van der Waals surface area contributed by atoms with Crippen molar-refractivity contribution in [2.75, 3.05) is 0 Å². The van der Waals surface area contributed by atoms with Gasteiger partial charge in [-0.05, 0) is 99.7 Å². The number of non-ortho nitro benzene ring substituents is 1. The summed E-state index contributed by atoms with van der Waals surface area (Å²) in [5.41, 5.74) is 1.10. The molecule has 2 N–H and O–H groups in total. The maximum atomic E-state index is 12.8. The standard InChI is InChI=1S/C24H33N3O4/c28-23(26-24-12-17-9-18(13-24)11-19(10-17)14-24)25-20-3-7-22(8-4-20)31-15-16-1-5-21(6-2-16)27(29)30/h1-2,5-6,17-20,22H,3-4,7-15H2,(H2,25,26,28)/t17?,18?,19?,20-,22-,24?. The fourth-order valence-corrected chi connectivity index (χ4v) is 7.03. The van der Waals surface area contributed by atoms with Crippen LogP contribution in [0.15, 0.2) is 24.3 Å². The number of rotatable bonds is 6. The van der Waals surface area contributed by atoms with Gasteiger partial charge in [-0.2, -0.15) is 0 Å². The Labute approximate surface area is 183 Å². The highest BCUT2D eigenvalue weighted by atomic mass is 16.6. The van der Waals surface area contributed by atoms with E-state index in [1.165, 1.54) is 50.7 Å². The van der Waals surface area contributed by atoms with Crippen molar-refractivity contribution in [1.29, 1.82) is 0 Å². The van der Waals surface area contributed by atoms with Gasteiger partial charge >= 0.3 is 6.03 Å². The second-order valence-electron chi connectivity index (χ2n) is 10.5. The van der Waals surface area contributed by atoms with Crippen LogP contribution in [0.25, 0.3) is 0 Å². The summed E-state index contributed by atoms with van der Waals surface area (Å²) >= 11 is 0. The van der Waals surface area contributed by atoms with E-state index in [0.717, 1.165) is 49.0 Å². The average molecular weight is 428 g/mol. The summed E-state index contributed by atoms with van der Waals surface area (Å²) < 4.78 is 6.02. The number of benzene rings is 1. The van der Waals surface area contributed by atoms with Crippen LogP contribution < -0.4 is 10.6 Å². The van der Waals surface area contributed by atoms with E-state index in [0.29, 0.717) is 6.61 Å². The molecule has 31 heavy (non-hydrogen) atoms. The first kappa shape index (κ1) is 20.7. The van der Waals surface area contributed by atoms with E-state index in [2.05, 4.69) is 10.6 Å². The number of urea groups is 1. The van der Waals surface area contributed by atoms with Crippen LogP contribution in [0.3, 0.4) is 0 Å². The topological polar surface area (TPSA) is 93.5 Å².